The summed E-state index contributed by atoms with van der Waals surface area (Å²) in [6.07, 6.45) is 0. The molecule has 0 aromatic heterocycles. The van der Waals surface area contributed by atoms with Crippen LogP contribution < -0.4 is 14.2 Å². The van der Waals surface area contributed by atoms with Gasteiger partial charge in [-0.05, 0) is 36.6 Å². The highest BCUT2D eigenvalue weighted by atomic mass is 16.5. The zero-order valence-electron chi connectivity index (χ0n) is 12.6. The topological polar surface area (TPSA) is 54.0 Å². The van der Waals surface area contributed by atoms with Crippen LogP contribution in [-0.2, 0) is 4.74 Å². The first-order valence-corrected chi connectivity index (χ1v) is 6.56. The highest BCUT2D eigenvalue weighted by Gasteiger charge is 2.17. The Morgan fingerprint density at radius 1 is 1.00 bits per heavy atom. The van der Waals surface area contributed by atoms with Gasteiger partial charge in [0.2, 0.25) is 5.75 Å². The van der Waals surface area contributed by atoms with E-state index in [0.717, 1.165) is 10.8 Å². The van der Waals surface area contributed by atoms with Crippen molar-refractivity contribution in [2.75, 3.05) is 27.9 Å². The van der Waals surface area contributed by atoms with E-state index in [-0.39, 0.29) is 5.97 Å². The molecular weight excluding hydrogens is 272 g/mol. The molecule has 0 heterocycles. The van der Waals surface area contributed by atoms with Gasteiger partial charge in [-0.25, -0.2) is 4.79 Å². The van der Waals surface area contributed by atoms with Gasteiger partial charge in [-0.2, -0.15) is 0 Å². The monoisotopic (exact) mass is 290 g/mol. The first-order chi connectivity index (χ1) is 10.2. The fraction of sp³-hybridized carbons (Fsp3) is 0.312. The Labute approximate surface area is 123 Å². The maximum Gasteiger partial charge on any atom is 0.338 e. The summed E-state index contributed by atoms with van der Waals surface area (Å²) >= 11 is 0. The summed E-state index contributed by atoms with van der Waals surface area (Å²) < 4.78 is 21.1. The molecule has 0 N–H and O–H groups in total. The van der Waals surface area contributed by atoms with E-state index in [9.17, 15) is 4.79 Å². The Morgan fingerprint density at radius 3 is 2.29 bits per heavy atom. The van der Waals surface area contributed by atoms with Gasteiger partial charge in [-0.3, -0.25) is 0 Å². The van der Waals surface area contributed by atoms with Crippen LogP contribution in [0.15, 0.2) is 24.3 Å². The Kier molecular flexibility index (Phi) is 4.52. The lowest BCUT2D eigenvalue weighted by molar-refractivity contribution is 0.0526. The van der Waals surface area contributed by atoms with Gasteiger partial charge in [-0.15, -0.1) is 0 Å². The molecule has 5 nitrogen and oxygen atoms in total. The molecule has 112 valence electrons. The summed E-state index contributed by atoms with van der Waals surface area (Å²) in [4.78, 5) is 11.8. The summed E-state index contributed by atoms with van der Waals surface area (Å²) in [5, 5.41) is 1.65. The molecule has 0 aliphatic heterocycles. The van der Waals surface area contributed by atoms with E-state index >= 15 is 0 Å². The fourth-order valence-electron chi connectivity index (χ4n) is 2.22. The Hall–Kier alpha value is -2.43. The van der Waals surface area contributed by atoms with Crippen molar-refractivity contribution in [1.29, 1.82) is 0 Å². The van der Waals surface area contributed by atoms with Crippen molar-refractivity contribution in [3.63, 3.8) is 0 Å². The van der Waals surface area contributed by atoms with Crippen LogP contribution in [0, 0.1) is 0 Å². The van der Waals surface area contributed by atoms with Crippen molar-refractivity contribution in [1.82, 2.24) is 0 Å². The SMILES string of the molecule is CCOC(=O)c1ccc2c(OC)c(OC)c(OC)cc2c1. The van der Waals surface area contributed by atoms with Crippen molar-refractivity contribution in [2.24, 2.45) is 0 Å². The van der Waals surface area contributed by atoms with Crippen LogP contribution in [0.2, 0.25) is 0 Å². The Bertz CT molecular complexity index is 663. The molecule has 5 heteroatoms. The first-order valence-electron chi connectivity index (χ1n) is 6.56. The molecule has 2 rings (SSSR count). The summed E-state index contributed by atoms with van der Waals surface area (Å²) in [6, 6.07) is 7.06. The number of hydrogen-bond donors (Lipinski definition) is 0. The first kappa shape index (κ1) is 15.0. The number of esters is 1. The van der Waals surface area contributed by atoms with Crippen LogP contribution >= 0.6 is 0 Å². The third-order valence-corrected chi connectivity index (χ3v) is 3.15. The van der Waals surface area contributed by atoms with Gasteiger partial charge in [0.1, 0.15) is 0 Å². The average molecular weight is 290 g/mol. The molecule has 0 saturated carbocycles. The summed E-state index contributed by atoms with van der Waals surface area (Å²) in [5.74, 6) is 1.29. The molecule has 0 aliphatic carbocycles. The summed E-state index contributed by atoms with van der Waals surface area (Å²) in [6.45, 7) is 2.11. The van der Waals surface area contributed by atoms with Crippen LogP contribution in [-0.4, -0.2) is 33.9 Å². The second-order valence-corrected chi connectivity index (χ2v) is 4.30. The summed E-state index contributed by atoms with van der Waals surface area (Å²) in [5.41, 5.74) is 0.485. The zero-order valence-corrected chi connectivity index (χ0v) is 12.6. The Morgan fingerprint density at radius 2 is 1.71 bits per heavy atom. The predicted molar refractivity (Wildman–Crippen MR) is 79.6 cm³/mol. The smallest absolute Gasteiger partial charge is 0.338 e. The van der Waals surface area contributed by atoms with Crippen LogP contribution in [0.1, 0.15) is 17.3 Å². The lowest BCUT2D eigenvalue weighted by Crippen LogP contribution is -2.04. The van der Waals surface area contributed by atoms with Crippen molar-refractivity contribution in [3.05, 3.63) is 29.8 Å². The van der Waals surface area contributed by atoms with Gasteiger partial charge < -0.3 is 18.9 Å². The number of ether oxygens (including phenoxy) is 4. The molecule has 21 heavy (non-hydrogen) atoms. The van der Waals surface area contributed by atoms with Crippen molar-refractivity contribution >= 4 is 16.7 Å². The number of carbonyl (C=O) groups is 1. The molecule has 0 radical (unpaired) electrons. The van der Waals surface area contributed by atoms with Crippen LogP contribution in [0.4, 0.5) is 0 Å². The third kappa shape index (κ3) is 2.72. The number of methoxy groups -OCH3 is 3. The average Bonchev–Trinajstić information content (AvgIpc) is 2.52. The lowest BCUT2D eigenvalue weighted by atomic mass is 10.0. The van der Waals surface area contributed by atoms with E-state index in [1.807, 2.05) is 6.07 Å². The van der Waals surface area contributed by atoms with Crippen molar-refractivity contribution in [2.45, 2.75) is 6.92 Å². The highest BCUT2D eigenvalue weighted by molar-refractivity contribution is 5.99. The molecule has 2 aromatic rings. The number of benzene rings is 2. The molecule has 0 saturated heterocycles. The molecule has 0 bridgehead atoms. The molecule has 0 amide bonds. The minimum atomic E-state index is -0.354. The van der Waals surface area contributed by atoms with Crippen molar-refractivity contribution in [3.8, 4) is 17.2 Å². The number of carbonyl (C=O) groups excluding carboxylic acids is 1. The normalized spacial score (nSPS) is 10.3. The maximum atomic E-state index is 11.8. The van der Waals surface area contributed by atoms with E-state index in [1.165, 1.54) is 0 Å². The van der Waals surface area contributed by atoms with Gasteiger partial charge in [-0.1, -0.05) is 0 Å². The third-order valence-electron chi connectivity index (χ3n) is 3.15. The van der Waals surface area contributed by atoms with E-state index in [1.54, 1.807) is 46.5 Å². The predicted octanol–water partition coefficient (Wildman–Crippen LogP) is 3.04. The molecular formula is C16H18O5. The summed E-state index contributed by atoms with van der Waals surface area (Å²) in [7, 11) is 4.67. The minimum absolute atomic E-state index is 0.339. The van der Waals surface area contributed by atoms with Gasteiger partial charge in [0.05, 0.1) is 33.5 Å². The molecule has 0 aliphatic rings. The van der Waals surface area contributed by atoms with Crippen LogP contribution in [0.25, 0.3) is 10.8 Å². The van der Waals surface area contributed by atoms with Crippen LogP contribution in [0.5, 0.6) is 17.2 Å². The minimum Gasteiger partial charge on any atom is -0.493 e. The molecule has 0 atom stereocenters. The van der Waals surface area contributed by atoms with E-state index in [4.69, 9.17) is 18.9 Å². The quantitative estimate of drug-likeness (QED) is 0.792. The van der Waals surface area contributed by atoms with E-state index in [2.05, 4.69) is 0 Å². The molecule has 0 spiro atoms. The zero-order chi connectivity index (χ0) is 15.4. The second kappa shape index (κ2) is 6.35. The van der Waals surface area contributed by atoms with Gasteiger partial charge in [0.15, 0.2) is 11.5 Å². The number of fused-ring (bicyclic) bond motifs is 1. The highest BCUT2D eigenvalue weighted by Crippen LogP contribution is 2.43. The largest absolute Gasteiger partial charge is 0.493 e. The second-order valence-electron chi connectivity index (χ2n) is 4.30. The van der Waals surface area contributed by atoms with E-state index < -0.39 is 0 Å². The van der Waals surface area contributed by atoms with Gasteiger partial charge in [0.25, 0.3) is 0 Å². The lowest BCUT2D eigenvalue weighted by Gasteiger charge is -2.15. The van der Waals surface area contributed by atoms with Gasteiger partial charge >= 0.3 is 5.97 Å². The maximum absolute atomic E-state index is 11.8. The van der Waals surface area contributed by atoms with Gasteiger partial charge in [0, 0.05) is 5.39 Å². The van der Waals surface area contributed by atoms with E-state index in [0.29, 0.717) is 29.4 Å². The van der Waals surface area contributed by atoms with Crippen molar-refractivity contribution < 1.29 is 23.7 Å². The Balaban J connectivity index is 2.65. The van der Waals surface area contributed by atoms with Crippen LogP contribution in [0.3, 0.4) is 0 Å². The standard InChI is InChI=1S/C16H18O5/c1-5-21-16(17)10-6-7-12-11(8-10)9-13(18-2)15(20-4)14(12)19-3/h6-9H,5H2,1-4H3. The molecule has 0 fully saturated rings. The fourth-order valence-corrected chi connectivity index (χ4v) is 2.22. The molecule has 2 aromatic carbocycles. The number of hydrogen-bond acceptors (Lipinski definition) is 5. The number of rotatable bonds is 5. The molecule has 0 unspecified atom stereocenters.